The average molecular weight is 253 g/mol. The second-order valence-electron chi connectivity index (χ2n) is 4.82. The van der Waals surface area contributed by atoms with Crippen molar-refractivity contribution < 1.29 is 9.50 Å². The van der Waals surface area contributed by atoms with Crippen molar-refractivity contribution in [2.75, 3.05) is 20.2 Å². The number of aliphatic hydroxyl groups is 1. The summed E-state index contributed by atoms with van der Waals surface area (Å²) in [6.07, 6.45) is 4.16. The summed E-state index contributed by atoms with van der Waals surface area (Å²) in [5.74, 6) is -0.128. The molecule has 1 aromatic rings. The standard InChI is InChI=1S/C15H24FNO/c1-13(14-9-5-6-10-15(14)16)17(2)11-7-3-4-8-12-18/h5-6,9-10,13,18H,3-4,7-8,11-12H2,1-2H3. The Kier molecular flexibility index (Phi) is 6.91. The molecule has 0 amide bonds. The van der Waals surface area contributed by atoms with Crippen LogP contribution in [0.1, 0.15) is 44.2 Å². The first-order chi connectivity index (χ1) is 8.66. The van der Waals surface area contributed by atoms with Crippen molar-refractivity contribution in [3.05, 3.63) is 35.6 Å². The lowest BCUT2D eigenvalue weighted by atomic mass is 10.1. The van der Waals surface area contributed by atoms with Gasteiger partial charge in [-0.1, -0.05) is 31.0 Å². The van der Waals surface area contributed by atoms with Gasteiger partial charge in [0.15, 0.2) is 0 Å². The number of unbranched alkanes of at least 4 members (excludes halogenated alkanes) is 3. The minimum atomic E-state index is -0.128. The van der Waals surface area contributed by atoms with Crippen molar-refractivity contribution in [1.82, 2.24) is 4.90 Å². The molecule has 1 N–H and O–H groups in total. The number of hydrogen-bond acceptors (Lipinski definition) is 2. The second kappa shape index (κ2) is 8.22. The Balaban J connectivity index is 2.37. The molecule has 0 spiro atoms. The van der Waals surface area contributed by atoms with Gasteiger partial charge in [-0.05, 0) is 39.4 Å². The number of halogens is 1. The summed E-state index contributed by atoms with van der Waals surface area (Å²) in [6.45, 7) is 3.27. The van der Waals surface area contributed by atoms with Crippen LogP contribution in [-0.2, 0) is 0 Å². The molecule has 0 radical (unpaired) electrons. The average Bonchev–Trinajstić information content (AvgIpc) is 2.38. The molecule has 0 aliphatic carbocycles. The maximum Gasteiger partial charge on any atom is 0.127 e. The van der Waals surface area contributed by atoms with Crippen LogP contribution in [0.5, 0.6) is 0 Å². The summed E-state index contributed by atoms with van der Waals surface area (Å²) >= 11 is 0. The van der Waals surface area contributed by atoms with E-state index in [4.69, 9.17) is 5.11 Å². The van der Waals surface area contributed by atoms with Crippen LogP contribution in [0.15, 0.2) is 24.3 Å². The van der Waals surface area contributed by atoms with Gasteiger partial charge in [0.05, 0.1) is 0 Å². The zero-order valence-electron chi connectivity index (χ0n) is 11.4. The molecule has 0 saturated heterocycles. The van der Waals surface area contributed by atoms with Crippen LogP contribution in [0.3, 0.4) is 0 Å². The Morgan fingerprint density at radius 2 is 1.83 bits per heavy atom. The molecule has 0 saturated carbocycles. The lowest BCUT2D eigenvalue weighted by molar-refractivity contribution is 0.246. The number of aliphatic hydroxyl groups excluding tert-OH is 1. The number of nitrogens with zero attached hydrogens (tertiary/aromatic N) is 1. The molecular formula is C15H24FNO. The van der Waals surface area contributed by atoms with Crippen molar-refractivity contribution in [1.29, 1.82) is 0 Å². The van der Waals surface area contributed by atoms with Crippen LogP contribution in [0.2, 0.25) is 0 Å². The Morgan fingerprint density at radius 1 is 1.17 bits per heavy atom. The van der Waals surface area contributed by atoms with Gasteiger partial charge in [-0.3, -0.25) is 4.90 Å². The zero-order valence-corrected chi connectivity index (χ0v) is 11.4. The number of benzene rings is 1. The van der Waals surface area contributed by atoms with Gasteiger partial charge in [0.1, 0.15) is 5.82 Å². The fourth-order valence-electron chi connectivity index (χ4n) is 2.07. The summed E-state index contributed by atoms with van der Waals surface area (Å²) in [5.41, 5.74) is 0.760. The van der Waals surface area contributed by atoms with Gasteiger partial charge in [-0.2, -0.15) is 0 Å². The monoisotopic (exact) mass is 253 g/mol. The molecule has 0 aromatic heterocycles. The molecule has 1 rings (SSSR count). The van der Waals surface area contributed by atoms with Crippen molar-refractivity contribution >= 4 is 0 Å². The summed E-state index contributed by atoms with van der Waals surface area (Å²) in [5, 5.41) is 8.69. The molecule has 0 fully saturated rings. The normalized spacial score (nSPS) is 12.9. The van der Waals surface area contributed by atoms with Crippen LogP contribution < -0.4 is 0 Å². The van der Waals surface area contributed by atoms with Crippen LogP contribution in [0.4, 0.5) is 4.39 Å². The highest BCUT2D eigenvalue weighted by molar-refractivity contribution is 5.20. The highest BCUT2D eigenvalue weighted by atomic mass is 19.1. The molecule has 1 aromatic carbocycles. The van der Waals surface area contributed by atoms with E-state index >= 15 is 0 Å². The van der Waals surface area contributed by atoms with E-state index in [0.29, 0.717) is 0 Å². The van der Waals surface area contributed by atoms with Gasteiger partial charge < -0.3 is 5.11 Å². The predicted molar refractivity (Wildman–Crippen MR) is 73.0 cm³/mol. The molecule has 18 heavy (non-hydrogen) atoms. The first kappa shape index (κ1) is 15.1. The molecule has 1 atom stereocenters. The summed E-state index contributed by atoms with van der Waals surface area (Å²) in [7, 11) is 2.03. The highest BCUT2D eigenvalue weighted by Gasteiger charge is 2.14. The van der Waals surface area contributed by atoms with Crippen molar-refractivity contribution in [2.45, 2.75) is 38.6 Å². The smallest absolute Gasteiger partial charge is 0.127 e. The summed E-state index contributed by atoms with van der Waals surface area (Å²) in [4.78, 5) is 2.18. The van der Waals surface area contributed by atoms with Gasteiger partial charge in [-0.25, -0.2) is 4.39 Å². The lowest BCUT2D eigenvalue weighted by Crippen LogP contribution is -2.24. The third-order valence-electron chi connectivity index (χ3n) is 3.44. The van der Waals surface area contributed by atoms with E-state index in [2.05, 4.69) is 4.90 Å². The highest BCUT2D eigenvalue weighted by Crippen LogP contribution is 2.21. The Bertz CT molecular complexity index is 343. The van der Waals surface area contributed by atoms with Crippen molar-refractivity contribution in [3.63, 3.8) is 0 Å². The van der Waals surface area contributed by atoms with E-state index < -0.39 is 0 Å². The van der Waals surface area contributed by atoms with Crippen molar-refractivity contribution in [3.8, 4) is 0 Å². The van der Waals surface area contributed by atoms with E-state index in [1.54, 1.807) is 6.07 Å². The van der Waals surface area contributed by atoms with Gasteiger partial charge in [0, 0.05) is 18.2 Å². The maximum absolute atomic E-state index is 13.6. The van der Waals surface area contributed by atoms with E-state index in [1.165, 1.54) is 6.07 Å². The predicted octanol–water partition coefficient (Wildman–Crippen LogP) is 3.37. The Hall–Kier alpha value is -0.930. The zero-order chi connectivity index (χ0) is 13.4. The van der Waals surface area contributed by atoms with Gasteiger partial charge in [0.25, 0.3) is 0 Å². The van der Waals surface area contributed by atoms with Crippen LogP contribution in [0, 0.1) is 5.82 Å². The number of hydrogen-bond donors (Lipinski definition) is 1. The van der Waals surface area contributed by atoms with E-state index in [-0.39, 0.29) is 18.5 Å². The van der Waals surface area contributed by atoms with E-state index in [0.717, 1.165) is 37.8 Å². The van der Waals surface area contributed by atoms with Gasteiger partial charge in [-0.15, -0.1) is 0 Å². The Labute approximate surface area is 109 Å². The molecule has 0 aliphatic heterocycles. The fourth-order valence-corrected chi connectivity index (χ4v) is 2.07. The molecule has 0 bridgehead atoms. The molecule has 3 heteroatoms. The summed E-state index contributed by atoms with van der Waals surface area (Å²) in [6, 6.07) is 7.07. The quantitative estimate of drug-likeness (QED) is 0.718. The lowest BCUT2D eigenvalue weighted by Gasteiger charge is -2.25. The Morgan fingerprint density at radius 3 is 2.50 bits per heavy atom. The molecule has 1 unspecified atom stereocenters. The van der Waals surface area contributed by atoms with Crippen LogP contribution >= 0.6 is 0 Å². The molecule has 2 nitrogen and oxygen atoms in total. The van der Waals surface area contributed by atoms with E-state index in [1.807, 2.05) is 26.1 Å². The minimum absolute atomic E-state index is 0.101. The molecular weight excluding hydrogens is 229 g/mol. The first-order valence-corrected chi connectivity index (χ1v) is 6.72. The number of rotatable bonds is 8. The summed E-state index contributed by atoms with van der Waals surface area (Å²) < 4.78 is 13.6. The molecule has 0 heterocycles. The third kappa shape index (κ3) is 4.75. The van der Waals surface area contributed by atoms with E-state index in [9.17, 15) is 4.39 Å². The van der Waals surface area contributed by atoms with Crippen molar-refractivity contribution in [2.24, 2.45) is 0 Å². The first-order valence-electron chi connectivity index (χ1n) is 6.72. The van der Waals surface area contributed by atoms with Crippen LogP contribution in [0.25, 0.3) is 0 Å². The fraction of sp³-hybridized carbons (Fsp3) is 0.600. The van der Waals surface area contributed by atoms with Crippen LogP contribution in [-0.4, -0.2) is 30.2 Å². The third-order valence-corrected chi connectivity index (χ3v) is 3.44. The SMILES string of the molecule is CC(c1ccccc1F)N(C)CCCCCCO. The second-order valence-corrected chi connectivity index (χ2v) is 4.82. The topological polar surface area (TPSA) is 23.5 Å². The molecule has 102 valence electrons. The van der Waals surface area contributed by atoms with Gasteiger partial charge in [0.2, 0.25) is 0 Å². The maximum atomic E-state index is 13.6. The largest absolute Gasteiger partial charge is 0.396 e. The molecule has 0 aliphatic rings. The minimum Gasteiger partial charge on any atom is -0.396 e. The van der Waals surface area contributed by atoms with Gasteiger partial charge >= 0.3 is 0 Å².